The van der Waals surface area contributed by atoms with E-state index in [9.17, 15) is 20.1 Å². The molecule has 1 saturated heterocycles. The van der Waals surface area contributed by atoms with E-state index in [1.54, 1.807) is 13.2 Å². The Labute approximate surface area is 227 Å². The van der Waals surface area contributed by atoms with Crippen molar-refractivity contribution >= 4 is 29.3 Å². The number of hydrogen-bond donors (Lipinski definition) is 5. The number of amides is 1. The normalized spacial score (nSPS) is 30.1. The molecule has 37 heavy (non-hydrogen) atoms. The van der Waals surface area contributed by atoms with Gasteiger partial charge in [-0.05, 0) is 63.1 Å². The first-order valence-corrected chi connectivity index (χ1v) is 14.2. The summed E-state index contributed by atoms with van der Waals surface area (Å²) < 4.78 is 5.83. The zero-order valence-electron chi connectivity index (χ0n) is 21.1. The summed E-state index contributed by atoms with van der Waals surface area (Å²) >= 11 is 7.59. The summed E-state index contributed by atoms with van der Waals surface area (Å²) in [6.45, 7) is 2.32. The molecule has 0 aromatic heterocycles. The average Bonchev–Trinajstić information content (AvgIpc) is 3.15. The number of aliphatic hydroxyl groups excluding tert-OH is 3. The molecule has 0 radical (unpaired) electrons. The van der Waals surface area contributed by atoms with Gasteiger partial charge in [-0.1, -0.05) is 35.9 Å². The summed E-state index contributed by atoms with van der Waals surface area (Å²) in [5.74, 6) is -0.267. The number of carbonyl (C=O) groups is 1. The molecule has 0 spiro atoms. The van der Waals surface area contributed by atoms with Crippen LogP contribution in [-0.2, 0) is 16.0 Å². The quantitative estimate of drug-likeness (QED) is 0.295. The second-order valence-corrected chi connectivity index (χ2v) is 11.0. The summed E-state index contributed by atoms with van der Waals surface area (Å²) in [6.07, 6.45) is 6.02. The number of aryl methyl sites for hydroxylation is 1. The standard InChI is InChI=1S/C27H36ClN3O5S/c1-16(28)21(25-23(33)22(32)24(34)27(36-25)37-2)31-26(35)20-12-11-18(13-14-30-20)6-4-3-5-17-7-9-19(15-29)10-8-17/h4,6-11,16,20-25,27,30,32-34H,3,5,12-14H2,1-2H3,(H,31,35)/b6-4+/t16-,20?,21+,22?,23-,24+,25+,27?/m0/s1. The van der Waals surface area contributed by atoms with Crippen molar-refractivity contribution in [1.29, 1.82) is 5.26 Å². The molecule has 8 atom stereocenters. The highest BCUT2D eigenvalue weighted by Crippen LogP contribution is 2.30. The fourth-order valence-corrected chi connectivity index (χ4v) is 5.40. The van der Waals surface area contributed by atoms with Crippen LogP contribution in [0.3, 0.4) is 0 Å². The van der Waals surface area contributed by atoms with E-state index >= 15 is 0 Å². The predicted molar refractivity (Wildman–Crippen MR) is 145 cm³/mol. The van der Waals surface area contributed by atoms with Crippen LogP contribution in [-0.4, -0.2) is 81.3 Å². The van der Waals surface area contributed by atoms with Crippen LogP contribution in [0.15, 0.2) is 48.1 Å². The number of halogens is 1. The summed E-state index contributed by atoms with van der Waals surface area (Å²) in [6, 6.07) is 8.48. The third-order valence-electron chi connectivity index (χ3n) is 6.75. The van der Waals surface area contributed by atoms with E-state index in [0.717, 1.165) is 24.8 Å². The van der Waals surface area contributed by atoms with Gasteiger partial charge >= 0.3 is 0 Å². The van der Waals surface area contributed by atoms with Crippen molar-refractivity contribution in [3.05, 3.63) is 59.2 Å². The number of aliphatic hydroxyl groups is 3. The van der Waals surface area contributed by atoms with Gasteiger partial charge in [-0.2, -0.15) is 5.26 Å². The lowest BCUT2D eigenvalue weighted by Gasteiger charge is -2.44. The van der Waals surface area contributed by atoms with Crippen molar-refractivity contribution in [3.63, 3.8) is 0 Å². The number of carbonyl (C=O) groups excluding carboxylic acids is 1. The summed E-state index contributed by atoms with van der Waals surface area (Å²) in [5, 5.41) is 45.4. The SMILES string of the molecule is CSC1O[C@H]([C@H](NC(=O)C2CC=C(/C=C/CCc3ccc(C#N)cc3)CCN2)[C@H](C)Cl)[C@@H](O)C(O)[C@H]1O. The first-order valence-electron chi connectivity index (χ1n) is 12.5. The highest BCUT2D eigenvalue weighted by Gasteiger charge is 2.48. The molecule has 10 heteroatoms. The Balaban J connectivity index is 1.56. The molecule has 5 N–H and O–H groups in total. The van der Waals surface area contributed by atoms with Crippen molar-refractivity contribution in [2.24, 2.45) is 0 Å². The van der Waals surface area contributed by atoms with Gasteiger partial charge in [0, 0.05) is 0 Å². The molecule has 1 amide bonds. The second kappa shape index (κ2) is 14.3. The maximum absolute atomic E-state index is 13.1. The van der Waals surface area contributed by atoms with Crippen molar-refractivity contribution < 1.29 is 24.9 Å². The monoisotopic (exact) mass is 549 g/mol. The van der Waals surface area contributed by atoms with E-state index < -0.39 is 47.3 Å². The maximum atomic E-state index is 13.1. The van der Waals surface area contributed by atoms with Crippen LogP contribution in [0.4, 0.5) is 0 Å². The molecule has 0 saturated carbocycles. The third kappa shape index (κ3) is 8.04. The molecule has 3 rings (SSSR count). The molecule has 2 aliphatic rings. The zero-order chi connectivity index (χ0) is 26.9. The number of nitriles is 1. The van der Waals surface area contributed by atoms with Crippen molar-refractivity contribution in [3.8, 4) is 6.07 Å². The van der Waals surface area contributed by atoms with E-state index in [0.29, 0.717) is 18.5 Å². The van der Waals surface area contributed by atoms with E-state index in [2.05, 4.69) is 34.9 Å². The van der Waals surface area contributed by atoms with Gasteiger partial charge in [-0.15, -0.1) is 23.4 Å². The van der Waals surface area contributed by atoms with Gasteiger partial charge in [-0.3, -0.25) is 4.79 Å². The number of hydrogen-bond acceptors (Lipinski definition) is 8. The van der Waals surface area contributed by atoms with Crippen LogP contribution >= 0.6 is 23.4 Å². The maximum Gasteiger partial charge on any atom is 0.237 e. The average molecular weight is 550 g/mol. The van der Waals surface area contributed by atoms with Crippen LogP contribution in [0, 0.1) is 11.3 Å². The summed E-state index contributed by atoms with van der Waals surface area (Å²) in [5.41, 5.74) is 2.24. The number of alkyl halides is 1. The Kier molecular flexibility index (Phi) is 11.5. The molecule has 2 aliphatic heterocycles. The fourth-order valence-electron chi connectivity index (χ4n) is 4.52. The summed E-state index contributed by atoms with van der Waals surface area (Å²) in [7, 11) is 0. The Bertz CT molecular complexity index is 995. The lowest BCUT2D eigenvalue weighted by Crippen LogP contribution is -2.65. The lowest BCUT2D eigenvalue weighted by molar-refractivity contribution is -0.205. The number of ether oxygens (including phenoxy) is 1. The smallest absolute Gasteiger partial charge is 0.237 e. The molecule has 0 aliphatic carbocycles. The highest BCUT2D eigenvalue weighted by atomic mass is 35.5. The predicted octanol–water partition coefficient (Wildman–Crippen LogP) is 2.01. The Morgan fingerprint density at radius 3 is 2.68 bits per heavy atom. The van der Waals surface area contributed by atoms with Crippen molar-refractivity contribution in [2.45, 2.75) is 79.9 Å². The number of benzene rings is 1. The van der Waals surface area contributed by atoms with Crippen molar-refractivity contribution in [2.75, 3.05) is 12.8 Å². The van der Waals surface area contributed by atoms with Gasteiger partial charge in [0.25, 0.3) is 0 Å². The van der Waals surface area contributed by atoms with Crippen LogP contribution in [0.2, 0.25) is 0 Å². The van der Waals surface area contributed by atoms with Gasteiger partial charge in [0.15, 0.2) is 0 Å². The first kappa shape index (κ1) is 29.7. The topological polar surface area (TPSA) is 135 Å². The minimum Gasteiger partial charge on any atom is -0.388 e. The Morgan fingerprint density at radius 1 is 1.30 bits per heavy atom. The highest BCUT2D eigenvalue weighted by molar-refractivity contribution is 7.99. The minimum absolute atomic E-state index is 0.267. The van der Waals surface area contributed by atoms with Crippen LogP contribution < -0.4 is 10.6 Å². The fraction of sp³-hybridized carbons (Fsp3) is 0.556. The molecule has 1 aromatic carbocycles. The largest absolute Gasteiger partial charge is 0.388 e. The number of thioether (sulfide) groups is 1. The van der Waals surface area contributed by atoms with E-state index in [1.165, 1.54) is 17.3 Å². The Hall–Kier alpha value is -1.90. The second-order valence-electron chi connectivity index (χ2n) is 9.41. The van der Waals surface area contributed by atoms with Gasteiger partial charge in [0.2, 0.25) is 5.91 Å². The van der Waals surface area contributed by atoms with E-state index in [-0.39, 0.29) is 5.91 Å². The molecule has 3 unspecified atom stereocenters. The van der Waals surface area contributed by atoms with Crippen LogP contribution in [0.1, 0.15) is 37.3 Å². The first-order chi connectivity index (χ1) is 17.7. The minimum atomic E-state index is -1.41. The third-order valence-corrected chi connectivity index (χ3v) is 7.87. The van der Waals surface area contributed by atoms with Gasteiger partial charge in [-0.25, -0.2) is 0 Å². The number of nitrogens with zero attached hydrogens (tertiary/aromatic N) is 1. The van der Waals surface area contributed by atoms with Gasteiger partial charge < -0.3 is 30.7 Å². The molecular formula is C27H36ClN3O5S. The summed E-state index contributed by atoms with van der Waals surface area (Å²) in [4.78, 5) is 13.1. The number of rotatable bonds is 9. The van der Waals surface area contributed by atoms with Crippen molar-refractivity contribution in [1.82, 2.24) is 10.6 Å². The Morgan fingerprint density at radius 2 is 2.03 bits per heavy atom. The van der Waals surface area contributed by atoms with Crippen LogP contribution in [0.25, 0.3) is 0 Å². The number of allylic oxidation sites excluding steroid dienone is 2. The van der Waals surface area contributed by atoms with E-state index in [4.69, 9.17) is 21.6 Å². The number of nitrogens with one attached hydrogen (secondary N) is 2. The van der Waals surface area contributed by atoms with E-state index in [1.807, 2.05) is 24.3 Å². The van der Waals surface area contributed by atoms with Crippen LogP contribution in [0.5, 0.6) is 0 Å². The lowest BCUT2D eigenvalue weighted by atomic mass is 9.93. The molecule has 2 heterocycles. The zero-order valence-corrected chi connectivity index (χ0v) is 22.7. The molecule has 8 nitrogen and oxygen atoms in total. The van der Waals surface area contributed by atoms with Gasteiger partial charge in [0.05, 0.1) is 29.1 Å². The molecule has 202 valence electrons. The van der Waals surface area contributed by atoms with Gasteiger partial charge in [0.1, 0.15) is 29.9 Å². The molecule has 0 bridgehead atoms. The molecule has 1 fully saturated rings. The molecule has 1 aromatic rings. The molecular weight excluding hydrogens is 514 g/mol.